The zero-order chi connectivity index (χ0) is 18.1. The number of nitrogens with zero attached hydrogens (tertiary/aromatic N) is 3. The van der Waals surface area contributed by atoms with Crippen molar-refractivity contribution in [2.24, 2.45) is 0 Å². The first kappa shape index (κ1) is 16.1. The fraction of sp³-hybridized carbons (Fsp3) is 0.0909. The number of pyridine rings is 1. The minimum absolute atomic E-state index is 0.0521. The first-order valence-corrected chi connectivity index (χ1v) is 9.95. The molecule has 0 fully saturated rings. The van der Waals surface area contributed by atoms with E-state index in [1.807, 2.05) is 30.1 Å². The van der Waals surface area contributed by atoms with Crippen LogP contribution in [0.25, 0.3) is 11.3 Å². The molecule has 0 aliphatic carbocycles. The van der Waals surface area contributed by atoms with Gasteiger partial charge in [-0.3, -0.25) is 0 Å². The van der Waals surface area contributed by atoms with Crippen LogP contribution < -0.4 is 4.90 Å². The topological polar surface area (TPSA) is 44.8 Å². The molecule has 0 bridgehead atoms. The number of hydrogen-bond donors (Lipinski definition) is 1. The molecule has 0 saturated carbocycles. The van der Waals surface area contributed by atoms with E-state index in [0.717, 1.165) is 34.2 Å². The third-order valence-corrected chi connectivity index (χ3v) is 5.96. The number of hydrogen-bond acceptors (Lipinski definition) is 4. The largest absolute Gasteiger partial charge is 0.344 e. The second-order valence-corrected chi connectivity index (χ2v) is 7.46. The summed E-state index contributed by atoms with van der Waals surface area (Å²) in [4.78, 5) is 15.0. The number of H-pyrrole nitrogens is 1. The summed E-state index contributed by atoms with van der Waals surface area (Å²) in [7, 11) is 0. The van der Waals surface area contributed by atoms with Gasteiger partial charge in [0.05, 0.1) is 17.7 Å². The van der Waals surface area contributed by atoms with Crippen molar-refractivity contribution in [2.75, 3.05) is 4.90 Å². The molecule has 1 aliphatic rings. The SMILES string of the molecule is c1ccc(CSC2c3nc[nH]c3-c3cccnc3N2c2ccccc2)cc1. The average molecular weight is 370 g/mol. The number of benzene rings is 2. The van der Waals surface area contributed by atoms with Crippen molar-refractivity contribution < 1.29 is 0 Å². The Hall–Kier alpha value is -3.05. The molecule has 2 aromatic heterocycles. The Labute approximate surface area is 162 Å². The summed E-state index contributed by atoms with van der Waals surface area (Å²) in [5, 5.41) is 0.0521. The number of nitrogens with one attached hydrogen (secondary N) is 1. The zero-order valence-electron chi connectivity index (χ0n) is 14.6. The summed E-state index contributed by atoms with van der Waals surface area (Å²) in [6.07, 6.45) is 3.64. The van der Waals surface area contributed by atoms with E-state index < -0.39 is 0 Å². The first-order chi connectivity index (χ1) is 13.4. The maximum atomic E-state index is 4.73. The Kier molecular flexibility index (Phi) is 4.14. The van der Waals surface area contributed by atoms with Gasteiger partial charge in [0.2, 0.25) is 0 Å². The number of aromatic nitrogens is 3. The van der Waals surface area contributed by atoms with E-state index in [1.165, 1.54) is 5.56 Å². The normalized spacial score (nSPS) is 15.3. The van der Waals surface area contributed by atoms with Gasteiger partial charge in [-0.2, -0.15) is 0 Å². The number of thioether (sulfide) groups is 1. The fourth-order valence-electron chi connectivity index (χ4n) is 3.47. The van der Waals surface area contributed by atoms with Gasteiger partial charge in [0, 0.05) is 23.2 Å². The number of anilines is 2. The van der Waals surface area contributed by atoms with Crippen molar-refractivity contribution in [1.29, 1.82) is 0 Å². The molecule has 0 spiro atoms. The predicted molar refractivity (Wildman–Crippen MR) is 111 cm³/mol. The summed E-state index contributed by atoms with van der Waals surface area (Å²) in [5.41, 5.74) is 5.64. The molecule has 1 aliphatic heterocycles. The lowest BCUT2D eigenvalue weighted by Gasteiger charge is -2.36. The van der Waals surface area contributed by atoms with Crippen LogP contribution in [-0.4, -0.2) is 15.0 Å². The highest BCUT2D eigenvalue weighted by Gasteiger charge is 2.35. The molecule has 5 rings (SSSR count). The van der Waals surface area contributed by atoms with Crippen LogP contribution in [0.2, 0.25) is 0 Å². The molecule has 5 heteroatoms. The van der Waals surface area contributed by atoms with Crippen LogP contribution in [0.15, 0.2) is 85.3 Å². The Bertz CT molecular complexity index is 1050. The molecule has 27 heavy (non-hydrogen) atoms. The van der Waals surface area contributed by atoms with Crippen LogP contribution in [0.5, 0.6) is 0 Å². The molecule has 1 N–H and O–H groups in total. The Morgan fingerprint density at radius 1 is 0.889 bits per heavy atom. The van der Waals surface area contributed by atoms with Crippen molar-refractivity contribution in [3.8, 4) is 11.3 Å². The van der Waals surface area contributed by atoms with E-state index in [1.54, 1.807) is 6.33 Å². The van der Waals surface area contributed by atoms with Crippen molar-refractivity contribution in [1.82, 2.24) is 15.0 Å². The molecular formula is C22H18N4S. The maximum absolute atomic E-state index is 4.73. The summed E-state index contributed by atoms with van der Waals surface area (Å²) >= 11 is 1.87. The summed E-state index contributed by atoms with van der Waals surface area (Å²) in [6.45, 7) is 0. The van der Waals surface area contributed by atoms with Crippen molar-refractivity contribution in [2.45, 2.75) is 11.1 Å². The minimum Gasteiger partial charge on any atom is -0.344 e. The number of fused-ring (bicyclic) bond motifs is 3. The molecule has 1 atom stereocenters. The molecule has 2 aromatic carbocycles. The lowest BCUT2D eigenvalue weighted by Crippen LogP contribution is -2.27. The average Bonchev–Trinajstić information content (AvgIpc) is 3.23. The van der Waals surface area contributed by atoms with Gasteiger partial charge >= 0.3 is 0 Å². The first-order valence-electron chi connectivity index (χ1n) is 8.90. The number of aromatic amines is 1. The predicted octanol–water partition coefficient (Wildman–Crippen LogP) is 5.56. The highest BCUT2D eigenvalue weighted by molar-refractivity contribution is 7.98. The molecule has 3 heterocycles. The number of imidazole rings is 1. The van der Waals surface area contributed by atoms with Crippen LogP contribution in [0.3, 0.4) is 0 Å². The monoisotopic (exact) mass is 370 g/mol. The van der Waals surface area contributed by atoms with Crippen LogP contribution >= 0.6 is 11.8 Å². The molecule has 132 valence electrons. The van der Waals surface area contributed by atoms with Crippen molar-refractivity contribution >= 4 is 23.3 Å². The number of rotatable bonds is 4. The van der Waals surface area contributed by atoms with E-state index in [0.29, 0.717) is 0 Å². The molecule has 1 unspecified atom stereocenters. The minimum atomic E-state index is 0.0521. The van der Waals surface area contributed by atoms with Gasteiger partial charge in [0.25, 0.3) is 0 Å². The Balaban J connectivity index is 1.60. The molecule has 4 aromatic rings. The Morgan fingerprint density at radius 2 is 1.67 bits per heavy atom. The summed E-state index contributed by atoms with van der Waals surface area (Å²) < 4.78 is 0. The van der Waals surface area contributed by atoms with Gasteiger partial charge in [0.15, 0.2) is 0 Å². The van der Waals surface area contributed by atoms with Gasteiger partial charge < -0.3 is 9.88 Å². The van der Waals surface area contributed by atoms with Crippen molar-refractivity contribution in [3.63, 3.8) is 0 Å². The van der Waals surface area contributed by atoms with Crippen LogP contribution in [-0.2, 0) is 5.75 Å². The van der Waals surface area contributed by atoms with Crippen LogP contribution in [0.4, 0.5) is 11.5 Å². The standard InChI is InChI=1S/C22H18N4S/c1-3-8-16(9-4-1)14-27-22-20-19(24-15-25-20)18-12-7-13-23-21(18)26(22)17-10-5-2-6-11-17/h1-13,15,22H,14H2,(H,24,25). The van der Waals surface area contributed by atoms with E-state index >= 15 is 0 Å². The Morgan fingerprint density at radius 3 is 2.48 bits per heavy atom. The van der Waals surface area contributed by atoms with Crippen molar-refractivity contribution in [3.05, 3.63) is 96.6 Å². The molecule has 0 saturated heterocycles. The molecule has 0 radical (unpaired) electrons. The quantitative estimate of drug-likeness (QED) is 0.511. The van der Waals surface area contributed by atoms with Gasteiger partial charge in [-0.1, -0.05) is 48.5 Å². The van der Waals surface area contributed by atoms with E-state index in [2.05, 4.69) is 75.5 Å². The highest BCUT2D eigenvalue weighted by Crippen LogP contribution is 2.50. The highest BCUT2D eigenvalue weighted by atomic mass is 32.2. The van der Waals surface area contributed by atoms with Gasteiger partial charge in [-0.05, 0) is 29.8 Å². The molecule has 0 amide bonds. The van der Waals surface area contributed by atoms with Crippen LogP contribution in [0, 0.1) is 0 Å². The van der Waals surface area contributed by atoms with Crippen LogP contribution in [0.1, 0.15) is 16.6 Å². The lowest BCUT2D eigenvalue weighted by atomic mass is 10.1. The lowest BCUT2D eigenvalue weighted by molar-refractivity contribution is 0.879. The third kappa shape index (κ3) is 2.90. The number of para-hydroxylation sites is 1. The van der Waals surface area contributed by atoms with Gasteiger partial charge in [-0.25, -0.2) is 9.97 Å². The van der Waals surface area contributed by atoms with E-state index in [-0.39, 0.29) is 5.37 Å². The molecular weight excluding hydrogens is 352 g/mol. The smallest absolute Gasteiger partial charge is 0.143 e. The molecule has 4 nitrogen and oxygen atoms in total. The van der Waals surface area contributed by atoms with Gasteiger partial charge in [-0.15, -0.1) is 11.8 Å². The second-order valence-electron chi connectivity index (χ2n) is 6.39. The second kappa shape index (κ2) is 6.93. The van der Waals surface area contributed by atoms with E-state index in [9.17, 15) is 0 Å². The zero-order valence-corrected chi connectivity index (χ0v) is 15.4. The third-order valence-electron chi connectivity index (χ3n) is 4.71. The fourth-order valence-corrected chi connectivity index (χ4v) is 4.72. The summed E-state index contributed by atoms with van der Waals surface area (Å²) in [6, 6.07) is 25.1. The van der Waals surface area contributed by atoms with Gasteiger partial charge in [0.1, 0.15) is 11.2 Å². The maximum Gasteiger partial charge on any atom is 0.143 e. The summed E-state index contributed by atoms with van der Waals surface area (Å²) in [5.74, 6) is 1.87. The van der Waals surface area contributed by atoms with E-state index in [4.69, 9.17) is 4.98 Å².